The lowest BCUT2D eigenvalue weighted by Crippen LogP contribution is -2.44. The summed E-state index contributed by atoms with van der Waals surface area (Å²) in [4.78, 5) is 46.6. The van der Waals surface area contributed by atoms with Crippen LogP contribution in [0.1, 0.15) is 75.8 Å². The summed E-state index contributed by atoms with van der Waals surface area (Å²) in [6, 6.07) is 13.8. The van der Waals surface area contributed by atoms with Gasteiger partial charge in [-0.25, -0.2) is 9.67 Å². The molecule has 1 aliphatic heterocycles. The summed E-state index contributed by atoms with van der Waals surface area (Å²) in [7, 11) is 1.53. The van der Waals surface area contributed by atoms with Crippen LogP contribution in [0.2, 0.25) is 0 Å². The van der Waals surface area contributed by atoms with Crippen LogP contribution in [0.5, 0.6) is 17.2 Å². The molecule has 260 valence electrons. The summed E-state index contributed by atoms with van der Waals surface area (Å²) in [5.41, 5.74) is 2.24. The van der Waals surface area contributed by atoms with Gasteiger partial charge < -0.3 is 34.2 Å². The Morgan fingerprint density at radius 2 is 1.84 bits per heavy atom. The summed E-state index contributed by atoms with van der Waals surface area (Å²) in [6.07, 6.45) is 0.383. The third-order valence-electron chi connectivity index (χ3n) is 8.21. The van der Waals surface area contributed by atoms with Crippen molar-refractivity contribution in [2.75, 3.05) is 33.4 Å². The molecule has 5 rings (SSSR count). The molecule has 2 aromatic carbocycles. The second kappa shape index (κ2) is 15.7. The number of carbonyl (C=O) groups is 3. The number of carbonyl (C=O) groups excluding carboxylic acids is 3. The van der Waals surface area contributed by atoms with Gasteiger partial charge in [0.1, 0.15) is 36.4 Å². The van der Waals surface area contributed by atoms with Crippen molar-refractivity contribution in [1.82, 2.24) is 30.3 Å². The van der Waals surface area contributed by atoms with E-state index in [-0.39, 0.29) is 56.3 Å². The minimum absolute atomic E-state index is 0.0437. The van der Waals surface area contributed by atoms with Gasteiger partial charge in [0, 0.05) is 24.2 Å². The number of nitrogens with zero attached hydrogens (tertiary/aromatic N) is 4. The molecular weight excluding hydrogens is 628 g/mol. The Morgan fingerprint density at radius 1 is 1.06 bits per heavy atom. The van der Waals surface area contributed by atoms with Crippen molar-refractivity contribution in [2.24, 2.45) is 5.92 Å². The zero-order chi connectivity index (χ0) is 35.1. The topological polar surface area (TPSA) is 150 Å². The number of rotatable bonds is 6. The van der Waals surface area contributed by atoms with E-state index in [0.717, 1.165) is 11.1 Å². The van der Waals surface area contributed by atoms with E-state index >= 15 is 0 Å². The Morgan fingerprint density at radius 3 is 2.57 bits per heavy atom. The molecule has 3 amide bonds. The van der Waals surface area contributed by atoms with Crippen LogP contribution in [-0.4, -0.2) is 70.7 Å². The number of hydrogen-bond donors (Lipinski definition) is 2. The summed E-state index contributed by atoms with van der Waals surface area (Å²) in [6.45, 7) is 10.5. The molecule has 0 saturated carbocycles. The van der Waals surface area contributed by atoms with Crippen LogP contribution >= 0.6 is 0 Å². The molecule has 4 aromatic rings. The average Bonchev–Trinajstić information content (AvgIpc) is 3.64. The number of nitrogens with one attached hydrogen (secondary N) is 2. The Kier molecular flexibility index (Phi) is 11.2. The fourth-order valence-electron chi connectivity index (χ4n) is 5.51. The first-order chi connectivity index (χ1) is 23.5. The average molecular weight is 673 g/mol. The summed E-state index contributed by atoms with van der Waals surface area (Å²) in [5, 5.41) is 10.5. The second-order valence-electron chi connectivity index (χ2n) is 12.4. The fourth-order valence-corrected chi connectivity index (χ4v) is 5.51. The van der Waals surface area contributed by atoms with Crippen molar-refractivity contribution in [1.29, 1.82) is 0 Å². The number of aryl methyl sites for hydroxylation is 3. The van der Waals surface area contributed by atoms with Crippen LogP contribution in [0.15, 0.2) is 52.9 Å². The second-order valence-corrected chi connectivity index (χ2v) is 12.4. The molecule has 0 fully saturated rings. The van der Waals surface area contributed by atoms with Gasteiger partial charge in [0.25, 0.3) is 11.8 Å². The number of benzene rings is 2. The first kappa shape index (κ1) is 35.0. The van der Waals surface area contributed by atoms with Crippen LogP contribution in [0, 0.1) is 26.7 Å². The highest BCUT2D eigenvalue weighted by Gasteiger charge is 2.28. The van der Waals surface area contributed by atoms with E-state index in [4.69, 9.17) is 18.6 Å². The number of ether oxygens (including phenoxy) is 3. The molecule has 13 heteroatoms. The van der Waals surface area contributed by atoms with Crippen molar-refractivity contribution in [2.45, 2.75) is 60.2 Å². The van der Waals surface area contributed by atoms with Gasteiger partial charge in [-0.2, -0.15) is 5.10 Å². The van der Waals surface area contributed by atoms with Crippen molar-refractivity contribution in [3.05, 3.63) is 88.4 Å². The lowest BCUT2D eigenvalue weighted by Gasteiger charge is -2.26. The minimum atomic E-state index is -0.488. The smallest absolute Gasteiger partial charge is 0.290 e. The molecule has 0 radical (unpaired) electrons. The standard InChI is InChI=1S/C36H44N6O7/c1-22(2)33-34-38-25(5)40-42(34)16-17-47-30-18-26(10-13-29(30)46-6)35(44)37-14-7-15-41(20-32(43)39-33)36(45)31-19-27(24(4)49-31)21-48-28-11-8-23(3)9-12-28/h8-13,18-19,22,33H,7,14-17,20-21H2,1-6H3,(H,37,44)(H,39,43)/t33-/m0/s1. The third-order valence-corrected chi connectivity index (χ3v) is 8.21. The molecule has 1 aliphatic rings. The Bertz CT molecular complexity index is 1780. The molecule has 0 aliphatic carbocycles. The quantitative estimate of drug-likeness (QED) is 0.301. The van der Waals surface area contributed by atoms with Gasteiger partial charge >= 0.3 is 0 Å². The van der Waals surface area contributed by atoms with Crippen molar-refractivity contribution < 1.29 is 33.0 Å². The van der Waals surface area contributed by atoms with E-state index in [2.05, 4.69) is 20.7 Å². The van der Waals surface area contributed by atoms with E-state index in [1.54, 1.807) is 42.8 Å². The molecule has 0 unspecified atom stereocenters. The number of hydrogen-bond acceptors (Lipinski definition) is 9. The lowest BCUT2D eigenvalue weighted by molar-refractivity contribution is -0.123. The molecular formula is C36H44N6O7. The predicted molar refractivity (Wildman–Crippen MR) is 181 cm³/mol. The van der Waals surface area contributed by atoms with E-state index < -0.39 is 11.9 Å². The summed E-state index contributed by atoms with van der Waals surface area (Å²) < 4.78 is 25.0. The molecule has 2 N–H and O–H groups in total. The maximum Gasteiger partial charge on any atom is 0.290 e. The number of furan rings is 1. The van der Waals surface area contributed by atoms with Crippen molar-refractivity contribution in [3.63, 3.8) is 0 Å². The fraction of sp³-hybridized carbons (Fsp3) is 0.417. The van der Waals surface area contributed by atoms with Crippen LogP contribution < -0.4 is 24.8 Å². The summed E-state index contributed by atoms with van der Waals surface area (Å²) in [5.74, 6) is 2.20. The van der Waals surface area contributed by atoms with Crippen LogP contribution in [0.3, 0.4) is 0 Å². The van der Waals surface area contributed by atoms with Crippen LogP contribution in [-0.2, 0) is 17.9 Å². The van der Waals surface area contributed by atoms with Crippen molar-refractivity contribution >= 4 is 17.7 Å². The Hall–Kier alpha value is -5.33. The molecule has 3 heterocycles. The van der Waals surface area contributed by atoms with E-state index in [1.807, 2.05) is 45.0 Å². The van der Waals surface area contributed by atoms with Gasteiger partial charge in [-0.3, -0.25) is 14.4 Å². The zero-order valence-corrected chi connectivity index (χ0v) is 28.9. The molecule has 13 nitrogen and oxygen atoms in total. The Labute approximate surface area is 285 Å². The van der Waals surface area contributed by atoms with Crippen LogP contribution in [0.25, 0.3) is 0 Å². The first-order valence-corrected chi connectivity index (χ1v) is 16.4. The molecule has 49 heavy (non-hydrogen) atoms. The molecule has 1 atom stereocenters. The number of fused-ring (bicyclic) bond motifs is 3. The van der Waals surface area contributed by atoms with Gasteiger partial charge in [0.05, 0.1) is 26.2 Å². The van der Waals surface area contributed by atoms with Crippen molar-refractivity contribution in [3.8, 4) is 17.2 Å². The SMILES string of the molecule is COc1ccc2cc1OCCn1nc(C)nc1[C@H](C(C)C)NC(=O)CN(C(=O)c1cc(COc3ccc(C)cc3)c(C)o1)CCCNC2=O. The van der Waals surface area contributed by atoms with Gasteiger partial charge in [-0.05, 0) is 69.5 Å². The molecule has 2 bridgehead atoms. The van der Waals surface area contributed by atoms with E-state index in [9.17, 15) is 14.4 Å². The Balaban J connectivity index is 1.39. The van der Waals surface area contributed by atoms with Gasteiger partial charge in [0.2, 0.25) is 5.91 Å². The van der Waals surface area contributed by atoms with Gasteiger partial charge in [0.15, 0.2) is 17.3 Å². The highest BCUT2D eigenvalue weighted by atomic mass is 16.5. The molecule has 0 spiro atoms. The highest BCUT2D eigenvalue weighted by molar-refractivity contribution is 5.95. The largest absolute Gasteiger partial charge is 0.493 e. The normalized spacial score (nSPS) is 16.1. The zero-order valence-electron chi connectivity index (χ0n) is 28.9. The maximum absolute atomic E-state index is 13.9. The maximum atomic E-state index is 13.9. The van der Waals surface area contributed by atoms with Crippen LogP contribution in [0.4, 0.5) is 0 Å². The monoisotopic (exact) mass is 672 g/mol. The summed E-state index contributed by atoms with van der Waals surface area (Å²) >= 11 is 0. The number of amides is 3. The highest BCUT2D eigenvalue weighted by Crippen LogP contribution is 2.29. The van der Waals surface area contributed by atoms with Gasteiger partial charge in [-0.15, -0.1) is 0 Å². The van der Waals surface area contributed by atoms with E-state index in [0.29, 0.717) is 53.2 Å². The third kappa shape index (κ3) is 8.78. The number of methoxy groups -OCH3 is 1. The predicted octanol–water partition coefficient (Wildman–Crippen LogP) is 4.55. The van der Waals surface area contributed by atoms with E-state index in [1.165, 1.54) is 12.0 Å². The minimum Gasteiger partial charge on any atom is -0.493 e. The lowest BCUT2D eigenvalue weighted by atomic mass is 10.0. The molecule has 2 aromatic heterocycles. The molecule has 0 saturated heterocycles. The first-order valence-electron chi connectivity index (χ1n) is 16.4. The number of aromatic nitrogens is 3. The van der Waals surface area contributed by atoms with Gasteiger partial charge in [-0.1, -0.05) is 31.5 Å².